The van der Waals surface area contributed by atoms with Crippen molar-refractivity contribution in [2.45, 2.75) is 98.6 Å². The van der Waals surface area contributed by atoms with Crippen LogP contribution in [0.1, 0.15) is 87.5 Å². The van der Waals surface area contributed by atoms with Crippen LogP contribution in [0.2, 0.25) is 0 Å². The molecule has 10 heteroatoms. The van der Waals surface area contributed by atoms with E-state index in [-0.39, 0.29) is 34.5 Å². The summed E-state index contributed by atoms with van der Waals surface area (Å²) in [7, 11) is 0. The molecule has 0 aromatic heterocycles. The van der Waals surface area contributed by atoms with E-state index < -0.39 is 0 Å². The van der Waals surface area contributed by atoms with Crippen LogP contribution in [0, 0.1) is 11.8 Å². The molecule has 0 N–H and O–H groups in total. The lowest BCUT2D eigenvalue weighted by Gasteiger charge is -2.38. The predicted molar refractivity (Wildman–Crippen MR) is 168 cm³/mol. The minimum absolute atomic E-state index is 0.138. The average Bonchev–Trinajstić information content (AvgIpc) is 3.26. The minimum atomic E-state index is -0.340. The summed E-state index contributed by atoms with van der Waals surface area (Å²) >= 11 is 22.5. The fraction of sp³-hybridized carbons (Fsp3) is 0.778. The van der Waals surface area contributed by atoms with Gasteiger partial charge in [-0.3, -0.25) is 9.59 Å². The van der Waals surface area contributed by atoms with Crippen LogP contribution in [-0.4, -0.2) is 88.6 Å². The zero-order valence-corrected chi connectivity index (χ0v) is 27.0. The third kappa shape index (κ3) is 7.51. The van der Waals surface area contributed by atoms with Gasteiger partial charge in [-0.15, -0.1) is 0 Å². The molecular formula is C27H44N4O2S4. The largest absolute Gasteiger partial charge is 0.342 e. The van der Waals surface area contributed by atoms with Crippen LogP contribution >= 0.6 is 48.9 Å². The third-order valence-corrected chi connectivity index (χ3v) is 9.11. The average molecular weight is 585 g/mol. The number of rotatable bonds is 14. The number of ketones is 2. The van der Waals surface area contributed by atoms with Gasteiger partial charge in [0.15, 0.2) is 10.2 Å². The second-order valence-electron chi connectivity index (χ2n) is 11.7. The number of carbonyl (C=O) groups is 2. The maximum Gasteiger partial charge on any atom is 0.177 e. The Hall–Kier alpha value is -1.10. The van der Waals surface area contributed by atoms with Crippen molar-refractivity contribution < 1.29 is 9.59 Å². The highest BCUT2D eigenvalue weighted by Crippen LogP contribution is 2.32. The number of carbonyl (C=O) groups excluding carboxylic acids is 2. The molecule has 2 heterocycles. The molecule has 2 rings (SSSR count). The van der Waals surface area contributed by atoms with E-state index in [1.165, 1.54) is 0 Å². The van der Waals surface area contributed by atoms with E-state index in [9.17, 15) is 9.59 Å². The Kier molecular flexibility index (Phi) is 11.1. The normalized spacial score (nSPS) is 18.8. The van der Waals surface area contributed by atoms with Crippen LogP contribution in [0.25, 0.3) is 0 Å². The van der Waals surface area contributed by atoms with Crippen molar-refractivity contribution >= 4 is 80.6 Å². The minimum Gasteiger partial charge on any atom is -0.342 e. The molecule has 0 aliphatic carbocycles. The van der Waals surface area contributed by atoms with Gasteiger partial charge in [0.1, 0.15) is 21.5 Å². The highest BCUT2D eigenvalue weighted by Gasteiger charge is 2.41. The van der Waals surface area contributed by atoms with Crippen LogP contribution in [0.5, 0.6) is 0 Å². The summed E-state index contributed by atoms with van der Waals surface area (Å²) in [6, 6.07) is 0. The van der Waals surface area contributed by atoms with Gasteiger partial charge in [0.05, 0.1) is 13.1 Å². The number of thiocarbonyl (C=S) groups is 4. The quantitative estimate of drug-likeness (QED) is 0.248. The lowest BCUT2D eigenvalue weighted by atomic mass is 9.85. The van der Waals surface area contributed by atoms with Crippen molar-refractivity contribution in [3.63, 3.8) is 0 Å². The van der Waals surface area contributed by atoms with E-state index in [0.717, 1.165) is 33.3 Å². The van der Waals surface area contributed by atoms with Crippen LogP contribution < -0.4 is 0 Å². The standard InChI is InChI=1S/C27H44N4O2S4/c1-9-28-16-22(34)30(24(28)36)26(5,6)14-18(3)20(32)12-11-13-21(33)19(4)15-27(7,8)31-23(35)17-29(10-2)25(31)37/h18-19H,9-17H2,1-8H3. The first-order valence-electron chi connectivity index (χ1n) is 13.4. The molecule has 0 saturated carbocycles. The van der Waals surface area contributed by atoms with Crippen molar-refractivity contribution in [2.75, 3.05) is 26.2 Å². The molecule has 2 aliphatic rings. The molecule has 0 aromatic rings. The zero-order chi connectivity index (χ0) is 28.3. The molecule has 0 bridgehead atoms. The molecule has 0 radical (unpaired) electrons. The third-order valence-electron chi connectivity index (χ3n) is 7.61. The topological polar surface area (TPSA) is 47.1 Å². The van der Waals surface area contributed by atoms with Gasteiger partial charge in [0.25, 0.3) is 0 Å². The number of hydrogen-bond acceptors (Lipinski definition) is 6. The molecular weight excluding hydrogens is 541 g/mol. The number of hydrogen-bond donors (Lipinski definition) is 0. The lowest BCUT2D eigenvalue weighted by Crippen LogP contribution is -2.49. The van der Waals surface area contributed by atoms with Gasteiger partial charge in [-0.1, -0.05) is 38.3 Å². The van der Waals surface area contributed by atoms with Gasteiger partial charge in [0.2, 0.25) is 0 Å². The van der Waals surface area contributed by atoms with Gasteiger partial charge in [-0.05, 0) is 85.2 Å². The van der Waals surface area contributed by atoms with Gasteiger partial charge in [-0.2, -0.15) is 0 Å². The molecule has 0 aromatic carbocycles. The number of Topliss-reactive ketones (excluding diaryl/α,β-unsaturated/α-hetero) is 2. The van der Waals surface area contributed by atoms with Gasteiger partial charge in [-0.25, -0.2) is 0 Å². The molecule has 0 spiro atoms. The molecule has 208 valence electrons. The van der Waals surface area contributed by atoms with Crippen LogP contribution in [0.15, 0.2) is 0 Å². The highest BCUT2D eigenvalue weighted by atomic mass is 32.1. The monoisotopic (exact) mass is 584 g/mol. The smallest absolute Gasteiger partial charge is 0.177 e. The lowest BCUT2D eigenvalue weighted by molar-refractivity contribution is -0.124. The van der Waals surface area contributed by atoms with E-state index in [1.54, 1.807) is 0 Å². The van der Waals surface area contributed by atoms with E-state index in [0.29, 0.717) is 45.2 Å². The SMILES string of the molecule is CCN1CC(=S)N(C(C)(C)CC(C)C(=O)CCCC(=O)C(C)CC(C)(C)N2C(=S)CN(CC)C2=S)C1=S. The fourth-order valence-corrected chi connectivity index (χ4v) is 7.82. The van der Waals surface area contributed by atoms with Crippen molar-refractivity contribution in [3.05, 3.63) is 0 Å². The molecule has 2 fully saturated rings. The fourth-order valence-electron chi connectivity index (χ4n) is 5.63. The van der Waals surface area contributed by atoms with Crippen molar-refractivity contribution in [1.82, 2.24) is 19.6 Å². The van der Waals surface area contributed by atoms with Crippen LogP contribution in [0.4, 0.5) is 0 Å². The molecule has 2 aliphatic heterocycles. The first-order valence-corrected chi connectivity index (χ1v) is 15.0. The molecule has 37 heavy (non-hydrogen) atoms. The molecule has 2 saturated heterocycles. The predicted octanol–water partition coefficient (Wildman–Crippen LogP) is 5.40. The van der Waals surface area contributed by atoms with Gasteiger partial charge < -0.3 is 19.6 Å². The Morgan fingerprint density at radius 1 is 0.730 bits per heavy atom. The Morgan fingerprint density at radius 3 is 1.32 bits per heavy atom. The van der Waals surface area contributed by atoms with Crippen molar-refractivity contribution in [2.24, 2.45) is 11.8 Å². The van der Waals surface area contributed by atoms with E-state index >= 15 is 0 Å². The first kappa shape index (κ1) is 32.1. The zero-order valence-electron chi connectivity index (χ0n) is 23.8. The molecule has 2 unspecified atom stereocenters. The van der Waals surface area contributed by atoms with Crippen LogP contribution in [0.3, 0.4) is 0 Å². The van der Waals surface area contributed by atoms with Crippen molar-refractivity contribution in [3.8, 4) is 0 Å². The number of likely N-dealkylation sites (N-methyl/N-ethyl adjacent to an activating group) is 2. The van der Waals surface area contributed by atoms with Gasteiger partial charge >= 0.3 is 0 Å². The van der Waals surface area contributed by atoms with Crippen molar-refractivity contribution in [1.29, 1.82) is 0 Å². The summed E-state index contributed by atoms with van der Waals surface area (Å²) in [5.41, 5.74) is -0.680. The second-order valence-corrected chi connectivity index (χ2v) is 13.3. The van der Waals surface area contributed by atoms with E-state index in [2.05, 4.69) is 51.3 Å². The first-order chi connectivity index (χ1) is 17.1. The Balaban J connectivity index is 1.85. The second kappa shape index (κ2) is 12.8. The molecule has 2 atom stereocenters. The summed E-state index contributed by atoms with van der Waals surface area (Å²) in [6.45, 7) is 19.4. The number of nitrogens with zero attached hydrogens (tertiary/aromatic N) is 4. The maximum absolute atomic E-state index is 13.0. The van der Waals surface area contributed by atoms with Crippen LogP contribution in [-0.2, 0) is 9.59 Å². The summed E-state index contributed by atoms with van der Waals surface area (Å²) in [5.74, 6) is 0.0946. The Morgan fingerprint density at radius 2 is 1.05 bits per heavy atom. The maximum atomic E-state index is 13.0. The summed E-state index contributed by atoms with van der Waals surface area (Å²) in [6.07, 6.45) is 2.70. The highest BCUT2D eigenvalue weighted by molar-refractivity contribution is 7.82. The molecule has 6 nitrogen and oxygen atoms in total. The summed E-state index contributed by atoms with van der Waals surface area (Å²) in [5, 5.41) is 1.50. The molecule has 0 amide bonds. The summed E-state index contributed by atoms with van der Waals surface area (Å²) < 4.78 is 0. The Bertz CT molecular complexity index is 875. The van der Waals surface area contributed by atoms with E-state index in [1.807, 2.05) is 23.6 Å². The van der Waals surface area contributed by atoms with Gasteiger partial charge in [0, 0.05) is 48.8 Å². The Labute approximate surface area is 245 Å². The van der Waals surface area contributed by atoms with E-state index in [4.69, 9.17) is 48.9 Å². The summed E-state index contributed by atoms with van der Waals surface area (Å²) in [4.78, 5) is 35.8.